The number of phenolic OH excluding ortho intramolecular Hbond substituents is 1. The van der Waals surface area contributed by atoms with Crippen LogP contribution in [0.4, 0.5) is 0 Å². The third kappa shape index (κ3) is 1.56. The Morgan fingerprint density at radius 2 is 1.80 bits per heavy atom. The van der Waals surface area contributed by atoms with Crippen molar-refractivity contribution in [3.63, 3.8) is 0 Å². The van der Waals surface area contributed by atoms with Gasteiger partial charge in [-0.1, -0.05) is 12.1 Å². The lowest BCUT2D eigenvalue weighted by atomic mass is 10.1. The first-order valence-corrected chi connectivity index (χ1v) is 4.60. The molecule has 0 heterocycles. The van der Waals surface area contributed by atoms with Crippen LogP contribution in [0.25, 0.3) is 10.8 Å². The van der Waals surface area contributed by atoms with Gasteiger partial charge in [0.15, 0.2) is 0 Å². The number of aromatic hydroxyl groups is 1. The minimum atomic E-state index is 0.227. The first kappa shape index (κ1) is 9.65. The lowest BCUT2D eigenvalue weighted by molar-refractivity contribution is 0.397. The minimum Gasteiger partial charge on any atom is -0.507 e. The van der Waals surface area contributed by atoms with Crippen molar-refractivity contribution in [3.05, 3.63) is 30.3 Å². The summed E-state index contributed by atoms with van der Waals surface area (Å²) in [5.74, 6) is 1.59. The molecule has 2 aromatic rings. The normalized spacial score (nSPS) is 10.3. The van der Waals surface area contributed by atoms with E-state index in [1.807, 2.05) is 6.07 Å². The van der Waals surface area contributed by atoms with Crippen molar-refractivity contribution in [2.75, 3.05) is 14.2 Å². The lowest BCUT2D eigenvalue weighted by Crippen LogP contribution is -1.88. The number of rotatable bonds is 2. The molecule has 0 aliphatic carbocycles. The summed E-state index contributed by atoms with van der Waals surface area (Å²) in [7, 11) is 3.18. The molecule has 0 saturated heterocycles. The van der Waals surface area contributed by atoms with Crippen LogP contribution in [0, 0.1) is 0 Å². The molecule has 0 unspecified atom stereocenters. The van der Waals surface area contributed by atoms with Gasteiger partial charge in [0, 0.05) is 16.8 Å². The lowest BCUT2D eigenvalue weighted by Gasteiger charge is -2.09. The monoisotopic (exact) mass is 204 g/mol. The summed E-state index contributed by atoms with van der Waals surface area (Å²) in [6, 6.07) is 8.90. The van der Waals surface area contributed by atoms with Gasteiger partial charge < -0.3 is 14.6 Å². The van der Waals surface area contributed by atoms with E-state index < -0.39 is 0 Å². The Bertz CT molecular complexity index is 491. The quantitative estimate of drug-likeness (QED) is 0.817. The summed E-state index contributed by atoms with van der Waals surface area (Å²) in [5, 5.41) is 11.3. The molecule has 0 atom stereocenters. The Morgan fingerprint density at radius 1 is 1.00 bits per heavy atom. The molecule has 0 aliphatic heterocycles. The number of fused-ring (bicyclic) bond motifs is 1. The second-order valence-electron chi connectivity index (χ2n) is 3.20. The zero-order valence-electron chi connectivity index (χ0n) is 8.65. The highest BCUT2D eigenvalue weighted by molar-refractivity contribution is 5.94. The summed E-state index contributed by atoms with van der Waals surface area (Å²) in [4.78, 5) is 0. The number of benzene rings is 2. The van der Waals surface area contributed by atoms with Crippen molar-refractivity contribution in [1.29, 1.82) is 0 Å². The molecule has 0 spiro atoms. The van der Waals surface area contributed by atoms with Crippen molar-refractivity contribution in [2.45, 2.75) is 0 Å². The van der Waals surface area contributed by atoms with Crippen LogP contribution in [0.2, 0.25) is 0 Å². The molecule has 0 bridgehead atoms. The average Bonchev–Trinajstić information content (AvgIpc) is 2.28. The second kappa shape index (κ2) is 3.69. The van der Waals surface area contributed by atoms with Gasteiger partial charge in [-0.2, -0.15) is 0 Å². The number of methoxy groups -OCH3 is 2. The van der Waals surface area contributed by atoms with E-state index in [0.29, 0.717) is 11.5 Å². The Labute approximate surface area is 87.9 Å². The van der Waals surface area contributed by atoms with Gasteiger partial charge in [-0.25, -0.2) is 0 Å². The minimum absolute atomic E-state index is 0.227. The van der Waals surface area contributed by atoms with Gasteiger partial charge in [0.2, 0.25) is 0 Å². The first-order chi connectivity index (χ1) is 7.26. The van der Waals surface area contributed by atoms with Crippen molar-refractivity contribution < 1.29 is 14.6 Å². The second-order valence-corrected chi connectivity index (χ2v) is 3.20. The van der Waals surface area contributed by atoms with Crippen LogP contribution in [0.1, 0.15) is 0 Å². The molecule has 2 aromatic carbocycles. The molecule has 15 heavy (non-hydrogen) atoms. The van der Waals surface area contributed by atoms with Crippen molar-refractivity contribution >= 4 is 10.8 Å². The highest BCUT2D eigenvalue weighted by Gasteiger charge is 2.07. The summed E-state index contributed by atoms with van der Waals surface area (Å²) in [6.07, 6.45) is 0. The van der Waals surface area contributed by atoms with Gasteiger partial charge in [0.05, 0.1) is 14.2 Å². The fourth-order valence-electron chi connectivity index (χ4n) is 1.60. The summed E-state index contributed by atoms with van der Waals surface area (Å²) >= 11 is 0. The topological polar surface area (TPSA) is 38.7 Å². The Hall–Kier alpha value is -1.90. The molecular formula is C12H12O3. The first-order valence-electron chi connectivity index (χ1n) is 4.60. The van der Waals surface area contributed by atoms with Crippen LogP contribution in [-0.2, 0) is 0 Å². The maximum atomic E-state index is 9.70. The van der Waals surface area contributed by atoms with Gasteiger partial charge in [-0.3, -0.25) is 0 Å². The van der Waals surface area contributed by atoms with E-state index in [0.717, 1.165) is 10.8 Å². The maximum Gasteiger partial charge on any atom is 0.130 e. The third-order valence-electron chi connectivity index (χ3n) is 2.36. The van der Waals surface area contributed by atoms with Crippen molar-refractivity contribution in [2.24, 2.45) is 0 Å². The molecule has 0 radical (unpaired) electrons. The van der Waals surface area contributed by atoms with Gasteiger partial charge in [-0.15, -0.1) is 0 Å². The number of hydrogen-bond donors (Lipinski definition) is 1. The maximum absolute atomic E-state index is 9.70. The number of ether oxygens (including phenoxy) is 2. The fourth-order valence-corrected chi connectivity index (χ4v) is 1.60. The predicted molar refractivity (Wildman–Crippen MR) is 58.7 cm³/mol. The predicted octanol–water partition coefficient (Wildman–Crippen LogP) is 2.56. The summed E-state index contributed by atoms with van der Waals surface area (Å²) in [5.41, 5.74) is 0. The van der Waals surface area contributed by atoms with E-state index in [4.69, 9.17) is 9.47 Å². The summed E-state index contributed by atoms with van der Waals surface area (Å²) < 4.78 is 10.4. The van der Waals surface area contributed by atoms with Gasteiger partial charge in [0.1, 0.15) is 17.2 Å². The van der Waals surface area contributed by atoms with Crippen LogP contribution in [0.3, 0.4) is 0 Å². The van der Waals surface area contributed by atoms with E-state index in [2.05, 4.69) is 0 Å². The molecule has 0 amide bonds. The molecule has 0 fully saturated rings. The number of hydrogen-bond acceptors (Lipinski definition) is 3. The molecular weight excluding hydrogens is 192 g/mol. The SMILES string of the molecule is COc1cc(OC)c2cccc(O)c2c1. The molecule has 1 N–H and O–H groups in total. The van der Waals surface area contributed by atoms with Crippen LogP contribution in [0.5, 0.6) is 17.2 Å². The zero-order valence-corrected chi connectivity index (χ0v) is 8.65. The summed E-state index contributed by atoms with van der Waals surface area (Å²) in [6.45, 7) is 0. The van der Waals surface area contributed by atoms with E-state index in [-0.39, 0.29) is 5.75 Å². The average molecular weight is 204 g/mol. The van der Waals surface area contributed by atoms with Gasteiger partial charge in [0.25, 0.3) is 0 Å². The molecule has 3 heteroatoms. The van der Waals surface area contributed by atoms with E-state index in [1.54, 1.807) is 38.5 Å². The standard InChI is InChI=1S/C12H12O3/c1-14-8-6-10-9(12(7-8)15-2)4-3-5-11(10)13/h3-7,13H,1-2H3. The smallest absolute Gasteiger partial charge is 0.130 e. The van der Waals surface area contributed by atoms with E-state index in [1.165, 1.54) is 0 Å². The molecule has 78 valence electrons. The highest BCUT2D eigenvalue weighted by atomic mass is 16.5. The highest BCUT2D eigenvalue weighted by Crippen LogP contribution is 2.35. The Balaban J connectivity index is 2.80. The van der Waals surface area contributed by atoms with Crippen molar-refractivity contribution in [1.82, 2.24) is 0 Å². The van der Waals surface area contributed by atoms with E-state index in [9.17, 15) is 5.11 Å². The van der Waals surface area contributed by atoms with Crippen LogP contribution >= 0.6 is 0 Å². The molecule has 2 rings (SSSR count). The molecule has 3 nitrogen and oxygen atoms in total. The zero-order chi connectivity index (χ0) is 10.8. The fraction of sp³-hybridized carbons (Fsp3) is 0.167. The Morgan fingerprint density at radius 3 is 2.47 bits per heavy atom. The Kier molecular flexibility index (Phi) is 2.37. The van der Waals surface area contributed by atoms with Gasteiger partial charge in [-0.05, 0) is 12.1 Å². The van der Waals surface area contributed by atoms with Crippen LogP contribution < -0.4 is 9.47 Å². The van der Waals surface area contributed by atoms with Crippen LogP contribution in [-0.4, -0.2) is 19.3 Å². The molecule has 0 aromatic heterocycles. The van der Waals surface area contributed by atoms with Crippen LogP contribution in [0.15, 0.2) is 30.3 Å². The van der Waals surface area contributed by atoms with Gasteiger partial charge >= 0.3 is 0 Å². The third-order valence-corrected chi connectivity index (χ3v) is 2.36. The van der Waals surface area contributed by atoms with Crippen molar-refractivity contribution in [3.8, 4) is 17.2 Å². The van der Waals surface area contributed by atoms with E-state index >= 15 is 0 Å². The molecule has 0 saturated carbocycles. The number of phenols is 1. The largest absolute Gasteiger partial charge is 0.507 e. The molecule has 0 aliphatic rings.